The summed E-state index contributed by atoms with van der Waals surface area (Å²) in [4.78, 5) is 21.5. The van der Waals surface area contributed by atoms with Crippen LogP contribution in [0.15, 0.2) is 60.9 Å². The Bertz CT molecular complexity index is 1360. The Morgan fingerprint density at radius 2 is 1.94 bits per heavy atom. The highest BCUT2D eigenvalue weighted by molar-refractivity contribution is 5.82. The van der Waals surface area contributed by atoms with E-state index >= 15 is 0 Å². The Balaban J connectivity index is 1.54. The lowest BCUT2D eigenvalue weighted by Crippen LogP contribution is -2.35. The Morgan fingerprint density at radius 1 is 1.15 bits per heavy atom. The Labute approximate surface area is 197 Å². The van der Waals surface area contributed by atoms with Crippen LogP contribution in [-0.2, 0) is 4.74 Å². The summed E-state index contributed by atoms with van der Waals surface area (Å²) in [7, 11) is 1.61. The third-order valence-corrected chi connectivity index (χ3v) is 5.50. The van der Waals surface area contributed by atoms with Gasteiger partial charge in [-0.1, -0.05) is 42.5 Å². The summed E-state index contributed by atoms with van der Waals surface area (Å²) in [6, 6.07) is 15.7. The molecule has 1 amide bonds. The van der Waals surface area contributed by atoms with Gasteiger partial charge in [-0.2, -0.15) is 0 Å². The van der Waals surface area contributed by atoms with E-state index in [1.165, 1.54) is 0 Å². The largest absolute Gasteiger partial charge is 0.494 e. The standard InChI is InChI=1S/C26H26N4O4/c1-26(2,3)34-25(31)28-20-15-33-21-12-17(10-11-19(20)21)22-23(16-8-6-5-7-9-16)30-14-18(32-4)13-27-24(30)29-22/h5-14,20H,15H2,1-4H3,(H,28,31)/t20-/m0/s1. The second-order valence-electron chi connectivity index (χ2n) is 9.10. The molecule has 2 aromatic heterocycles. The fourth-order valence-corrected chi connectivity index (χ4v) is 4.02. The minimum absolute atomic E-state index is 0.278. The van der Waals surface area contributed by atoms with Crippen LogP contribution in [0.5, 0.6) is 11.5 Å². The molecule has 0 saturated heterocycles. The fraction of sp³-hybridized carbons (Fsp3) is 0.269. The van der Waals surface area contributed by atoms with Crippen LogP contribution in [0.25, 0.3) is 28.3 Å². The summed E-state index contributed by atoms with van der Waals surface area (Å²) < 4.78 is 18.6. The topological polar surface area (TPSA) is 87.0 Å². The van der Waals surface area contributed by atoms with Gasteiger partial charge in [0.05, 0.1) is 36.9 Å². The predicted molar refractivity (Wildman–Crippen MR) is 128 cm³/mol. The summed E-state index contributed by atoms with van der Waals surface area (Å²) in [5.74, 6) is 1.92. The first-order chi connectivity index (χ1) is 16.3. The number of fused-ring (bicyclic) bond motifs is 2. The predicted octanol–water partition coefficient (Wildman–Crippen LogP) is 5.03. The highest BCUT2D eigenvalue weighted by Crippen LogP contribution is 2.39. The zero-order chi connectivity index (χ0) is 23.9. The maximum Gasteiger partial charge on any atom is 0.408 e. The third kappa shape index (κ3) is 4.14. The molecule has 1 N–H and O–H groups in total. The van der Waals surface area contributed by atoms with Crippen molar-refractivity contribution < 1.29 is 19.0 Å². The number of amides is 1. The molecule has 2 aromatic carbocycles. The van der Waals surface area contributed by atoms with E-state index in [9.17, 15) is 4.79 Å². The van der Waals surface area contributed by atoms with E-state index in [-0.39, 0.29) is 6.04 Å². The van der Waals surface area contributed by atoms with Gasteiger partial charge in [0, 0.05) is 16.7 Å². The van der Waals surface area contributed by atoms with Crippen LogP contribution in [0.2, 0.25) is 0 Å². The van der Waals surface area contributed by atoms with Crippen LogP contribution in [0.4, 0.5) is 4.79 Å². The molecule has 3 heterocycles. The molecule has 1 aliphatic rings. The first-order valence-electron chi connectivity index (χ1n) is 11.1. The Kier molecular flexibility index (Phi) is 5.36. The van der Waals surface area contributed by atoms with Gasteiger partial charge in [-0.05, 0) is 26.8 Å². The van der Waals surface area contributed by atoms with Crippen molar-refractivity contribution in [2.75, 3.05) is 13.7 Å². The van der Waals surface area contributed by atoms with Gasteiger partial charge in [-0.3, -0.25) is 4.40 Å². The molecule has 0 unspecified atom stereocenters. The Morgan fingerprint density at radius 3 is 2.68 bits per heavy atom. The number of nitrogens with zero attached hydrogens (tertiary/aromatic N) is 3. The van der Waals surface area contributed by atoms with Crippen LogP contribution in [-0.4, -0.2) is 39.8 Å². The monoisotopic (exact) mass is 458 g/mol. The first-order valence-corrected chi connectivity index (χ1v) is 11.1. The molecule has 0 fully saturated rings. The number of hydrogen-bond donors (Lipinski definition) is 1. The normalized spacial score (nSPS) is 15.0. The zero-order valence-electron chi connectivity index (χ0n) is 19.5. The minimum Gasteiger partial charge on any atom is -0.494 e. The van der Waals surface area contributed by atoms with Crippen LogP contribution >= 0.6 is 0 Å². The number of alkyl carbamates (subject to hydrolysis) is 1. The SMILES string of the molecule is COc1cnc2nc(-c3ccc4c(c3)OC[C@@H]4NC(=O)OC(C)(C)C)c(-c3ccccc3)n2c1. The Hall–Kier alpha value is -4.07. The molecule has 0 bridgehead atoms. The maximum absolute atomic E-state index is 12.2. The van der Waals surface area contributed by atoms with E-state index in [0.717, 1.165) is 28.1 Å². The number of imidazole rings is 1. The molecule has 8 nitrogen and oxygen atoms in total. The molecule has 1 aliphatic heterocycles. The van der Waals surface area contributed by atoms with E-state index < -0.39 is 11.7 Å². The summed E-state index contributed by atoms with van der Waals surface area (Å²) >= 11 is 0. The fourth-order valence-electron chi connectivity index (χ4n) is 4.02. The van der Waals surface area contributed by atoms with E-state index in [0.29, 0.717) is 23.9 Å². The molecule has 1 atom stereocenters. The average Bonchev–Trinajstić information content (AvgIpc) is 3.38. The maximum atomic E-state index is 12.2. The van der Waals surface area contributed by atoms with Gasteiger partial charge >= 0.3 is 6.09 Å². The van der Waals surface area contributed by atoms with Crippen LogP contribution in [0.3, 0.4) is 0 Å². The van der Waals surface area contributed by atoms with Crippen molar-refractivity contribution in [3.05, 3.63) is 66.5 Å². The van der Waals surface area contributed by atoms with Gasteiger partial charge in [-0.15, -0.1) is 0 Å². The highest BCUT2D eigenvalue weighted by Gasteiger charge is 2.29. The number of methoxy groups -OCH3 is 1. The number of carbonyl (C=O) groups is 1. The summed E-state index contributed by atoms with van der Waals surface area (Å²) in [5, 5.41) is 2.89. The highest BCUT2D eigenvalue weighted by atomic mass is 16.6. The summed E-state index contributed by atoms with van der Waals surface area (Å²) in [5.41, 5.74) is 3.92. The molecule has 34 heavy (non-hydrogen) atoms. The van der Waals surface area contributed by atoms with E-state index in [4.69, 9.17) is 19.2 Å². The molecule has 4 aromatic rings. The van der Waals surface area contributed by atoms with Crippen LogP contribution in [0, 0.1) is 0 Å². The molecule has 5 rings (SSSR count). The number of rotatable bonds is 4. The number of hydrogen-bond acceptors (Lipinski definition) is 6. The molecule has 8 heteroatoms. The quantitative estimate of drug-likeness (QED) is 0.462. The minimum atomic E-state index is -0.566. The number of benzene rings is 2. The molecule has 0 saturated carbocycles. The smallest absolute Gasteiger partial charge is 0.408 e. The van der Waals surface area contributed by atoms with Crippen molar-refractivity contribution in [2.45, 2.75) is 32.4 Å². The van der Waals surface area contributed by atoms with E-state index in [1.54, 1.807) is 13.3 Å². The third-order valence-electron chi connectivity index (χ3n) is 5.50. The lowest BCUT2D eigenvalue weighted by atomic mass is 10.0. The van der Waals surface area contributed by atoms with Crippen molar-refractivity contribution in [2.24, 2.45) is 0 Å². The lowest BCUT2D eigenvalue weighted by Gasteiger charge is -2.21. The second-order valence-corrected chi connectivity index (χ2v) is 9.10. The molecule has 0 spiro atoms. The van der Waals surface area contributed by atoms with Crippen molar-refractivity contribution in [3.8, 4) is 34.0 Å². The first kappa shape index (κ1) is 21.8. The molecular weight excluding hydrogens is 432 g/mol. The molecule has 0 radical (unpaired) electrons. The van der Waals surface area contributed by atoms with Gasteiger partial charge in [0.25, 0.3) is 0 Å². The van der Waals surface area contributed by atoms with Crippen LogP contribution in [0.1, 0.15) is 32.4 Å². The van der Waals surface area contributed by atoms with Gasteiger partial charge in [0.1, 0.15) is 18.0 Å². The molecular formula is C26H26N4O4. The average molecular weight is 459 g/mol. The van der Waals surface area contributed by atoms with Crippen molar-refractivity contribution in [1.29, 1.82) is 0 Å². The van der Waals surface area contributed by atoms with Gasteiger partial charge in [0.15, 0.2) is 5.75 Å². The van der Waals surface area contributed by atoms with E-state index in [2.05, 4.69) is 10.3 Å². The van der Waals surface area contributed by atoms with Gasteiger partial charge < -0.3 is 19.5 Å². The number of aromatic nitrogens is 3. The number of nitrogens with one attached hydrogen (secondary N) is 1. The van der Waals surface area contributed by atoms with Crippen molar-refractivity contribution in [3.63, 3.8) is 0 Å². The zero-order valence-corrected chi connectivity index (χ0v) is 19.5. The number of carbonyl (C=O) groups excluding carboxylic acids is 1. The lowest BCUT2D eigenvalue weighted by molar-refractivity contribution is 0.0497. The van der Waals surface area contributed by atoms with Gasteiger partial charge in [-0.25, -0.2) is 14.8 Å². The molecule has 0 aliphatic carbocycles. The van der Waals surface area contributed by atoms with Crippen molar-refractivity contribution >= 4 is 11.9 Å². The van der Waals surface area contributed by atoms with E-state index in [1.807, 2.05) is 79.9 Å². The summed E-state index contributed by atoms with van der Waals surface area (Å²) in [6.45, 7) is 5.85. The van der Waals surface area contributed by atoms with Crippen molar-refractivity contribution in [1.82, 2.24) is 19.7 Å². The van der Waals surface area contributed by atoms with Crippen LogP contribution < -0.4 is 14.8 Å². The second kappa shape index (κ2) is 8.37. The number of ether oxygens (including phenoxy) is 3. The van der Waals surface area contributed by atoms with Gasteiger partial charge in [0.2, 0.25) is 5.78 Å². The molecule has 174 valence electrons. The summed E-state index contributed by atoms with van der Waals surface area (Å²) in [6.07, 6.45) is 3.07.